The number of aromatic nitrogens is 1. The van der Waals surface area contributed by atoms with E-state index in [1.54, 1.807) is 12.5 Å². The van der Waals surface area contributed by atoms with Crippen molar-refractivity contribution in [2.75, 3.05) is 6.54 Å². The van der Waals surface area contributed by atoms with E-state index in [9.17, 15) is 0 Å². The van der Waals surface area contributed by atoms with Gasteiger partial charge < -0.3 is 9.73 Å². The van der Waals surface area contributed by atoms with Crippen molar-refractivity contribution in [2.24, 2.45) is 0 Å². The number of nitrogens with zero attached hydrogens (tertiary/aromatic N) is 1. The van der Waals surface area contributed by atoms with E-state index in [0.29, 0.717) is 5.15 Å². The molecule has 0 unspecified atom stereocenters. The first-order chi connectivity index (χ1) is 7.86. The maximum absolute atomic E-state index is 5.93. The Morgan fingerprint density at radius 1 is 1.29 bits per heavy atom. The fourth-order valence-electron chi connectivity index (χ4n) is 1.44. The summed E-state index contributed by atoms with van der Waals surface area (Å²) in [6.45, 7) is 1.59. The smallest absolute Gasteiger partial charge is 0.133 e. The molecule has 5 heteroatoms. The van der Waals surface area contributed by atoms with Crippen molar-refractivity contribution >= 4 is 24.0 Å². The number of nitrogens with one attached hydrogen (secondary N) is 1. The minimum absolute atomic E-state index is 0. The van der Waals surface area contributed by atoms with Gasteiger partial charge in [-0.2, -0.15) is 0 Å². The van der Waals surface area contributed by atoms with E-state index in [2.05, 4.69) is 10.3 Å². The molecule has 92 valence electrons. The number of halogens is 2. The summed E-state index contributed by atoms with van der Waals surface area (Å²) in [6.07, 6.45) is 4.26. The van der Waals surface area contributed by atoms with Crippen LogP contribution in [0.1, 0.15) is 11.3 Å². The molecule has 0 bridgehead atoms. The van der Waals surface area contributed by atoms with Gasteiger partial charge in [0.1, 0.15) is 10.9 Å². The first-order valence-electron chi connectivity index (χ1n) is 5.19. The predicted molar refractivity (Wildman–Crippen MR) is 70.6 cm³/mol. The number of pyridine rings is 1. The molecule has 0 amide bonds. The summed E-state index contributed by atoms with van der Waals surface area (Å²) in [4.78, 5) is 4.01. The van der Waals surface area contributed by atoms with Gasteiger partial charge in [0, 0.05) is 31.3 Å². The van der Waals surface area contributed by atoms with E-state index >= 15 is 0 Å². The van der Waals surface area contributed by atoms with Gasteiger partial charge in [-0.25, -0.2) is 4.98 Å². The first-order valence-corrected chi connectivity index (χ1v) is 5.56. The van der Waals surface area contributed by atoms with Gasteiger partial charge in [-0.05, 0) is 18.2 Å². The SMILES string of the molecule is Cl.Clc1ncccc1CNCCc1ccco1. The van der Waals surface area contributed by atoms with Crippen LogP contribution >= 0.6 is 24.0 Å². The van der Waals surface area contributed by atoms with Crippen molar-refractivity contribution in [3.63, 3.8) is 0 Å². The van der Waals surface area contributed by atoms with Gasteiger partial charge in [-0.1, -0.05) is 17.7 Å². The van der Waals surface area contributed by atoms with Crippen LogP contribution < -0.4 is 5.32 Å². The largest absolute Gasteiger partial charge is 0.469 e. The van der Waals surface area contributed by atoms with Gasteiger partial charge in [0.25, 0.3) is 0 Å². The summed E-state index contributed by atoms with van der Waals surface area (Å²) < 4.78 is 5.23. The summed E-state index contributed by atoms with van der Waals surface area (Å²) in [7, 11) is 0. The van der Waals surface area contributed by atoms with Gasteiger partial charge >= 0.3 is 0 Å². The molecule has 0 atom stereocenters. The number of furan rings is 1. The maximum atomic E-state index is 5.93. The zero-order chi connectivity index (χ0) is 11.2. The average Bonchev–Trinajstić information content (AvgIpc) is 2.79. The molecule has 0 fully saturated rings. The average molecular weight is 273 g/mol. The monoisotopic (exact) mass is 272 g/mol. The highest BCUT2D eigenvalue weighted by atomic mass is 35.5. The van der Waals surface area contributed by atoms with Crippen molar-refractivity contribution in [3.05, 3.63) is 53.2 Å². The second-order valence-corrected chi connectivity index (χ2v) is 3.82. The molecule has 0 radical (unpaired) electrons. The van der Waals surface area contributed by atoms with Crippen molar-refractivity contribution in [3.8, 4) is 0 Å². The molecule has 2 rings (SSSR count). The molecule has 0 aliphatic rings. The van der Waals surface area contributed by atoms with Crippen molar-refractivity contribution < 1.29 is 4.42 Å². The quantitative estimate of drug-likeness (QED) is 0.672. The first kappa shape index (κ1) is 14.0. The Kier molecular flexibility index (Phi) is 6.05. The number of hydrogen-bond acceptors (Lipinski definition) is 3. The molecule has 0 aliphatic heterocycles. The summed E-state index contributed by atoms with van der Waals surface area (Å²) in [6, 6.07) is 7.72. The highest BCUT2D eigenvalue weighted by molar-refractivity contribution is 6.30. The zero-order valence-electron chi connectivity index (χ0n) is 9.23. The van der Waals surface area contributed by atoms with Crippen LogP contribution in [0.25, 0.3) is 0 Å². The Bertz CT molecular complexity index is 432. The molecule has 2 aromatic heterocycles. The summed E-state index contributed by atoms with van der Waals surface area (Å²) in [5.41, 5.74) is 1.02. The summed E-state index contributed by atoms with van der Waals surface area (Å²) in [5, 5.41) is 3.86. The second kappa shape index (κ2) is 7.33. The lowest BCUT2D eigenvalue weighted by atomic mass is 10.2. The molecule has 0 aliphatic carbocycles. The van der Waals surface area contributed by atoms with E-state index in [1.165, 1.54) is 0 Å². The molecular formula is C12H14Cl2N2O. The van der Waals surface area contributed by atoms with Crippen molar-refractivity contribution in [2.45, 2.75) is 13.0 Å². The van der Waals surface area contributed by atoms with Crippen LogP contribution in [0.2, 0.25) is 5.15 Å². The fourth-order valence-corrected chi connectivity index (χ4v) is 1.63. The van der Waals surface area contributed by atoms with Crippen LogP contribution in [0.3, 0.4) is 0 Å². The number of rotatable bonds is 5. The van der Waals surface area contributed by atoms with Crippen LogP contribution in [0, 0.1) is 0 Å². The fraction of sp³-hybridized carbons (Fsp3) is 0.250. The molecule has 1 N–H and O–H groups in total. The van der Waals surface area contributed by atoms with Gasteiger partial charge in [-0.3, -0.25) is 0 Å². The third kappa shape index (κ3) is 4.38. The normalized spacial score (nSPS) is 9.94. The Balaban J connectivity index is 0.00000144. The third-order valence-corrected chi connectivity index (χ3v) is 2.62. The highest BCUT2D eigenvalue weighted by Gasteiger charge is 2.00. The van der Waals surface area contributed by atoms with Crippen LogP contribution in [0.5, 0.6) is 0 Å². The molecule has 0 spiro atoms. The Morgan fingerprint density at radius 3 is 2.88 bits per heavy atom. The van der Waals surface area contributed by atoms with E-state index in [-0.39, 0.29) is 12.4 Å². The molecule has 2 aromatic rings. The van der Waals surface area contributed by atoms with E-state index in [4.69, 9.17) is 16.0 Å². The van der Waals surface area contributed by atoms with Crippen LogP contribution in [0.4, 0.5) is 0 Å². The van der Waals surface area contributed by atoms with Gasteiger partial charge in [0.2, 0.25) is 0 Å². The lowest BCUT2D eigenvalue weighted by Gasteiger charge is -2.04. The second-order valence-electron chi connectivity index (χ2n) is 3.46. The van der Waals surface area contributed by atoms with Gasteiger partial charge in [0.05, 0.1) is 6.26 Å². The van der Waals surface area contributed by atoms with Crippen LogP contribution in [-0.4, -0.2) is 11.5 Å². The Labute approximate surface area is 112 Å². The molecule has 0 aromatic carbocycles. The minimum Gasteiger partial charge on any atom is -0.469 e. The van der Waals surface area contributed by atoms with Crippen LogP contribution in [-0.2, 0) is 13.0 Å². The topological polar surface area (TPSA) is 38.1 Å². The molecule has 0 saturated heterocycles. The Morgan fingerprint density at radius 2 is 2.18 bits per heavy atom. The minimum atomic E-state index is 0. The molecule has 2 heterocycles. The van der Waals surface area contributed by atoms with Crippen molar-refractivity contribution in [1.29, 1.82) is 0 Å². The maximum Gasteiger partial charge on any atom is 0.133 e. The van der Waals surface area contributed by atoms with Gasteiger partial charge in [-0.15, -0.1) is 12.4 Å². The summed E-state index contributed by atoms with van der Waals surface area (Å²) in [5.74, 6) is 0.991. The standard InChI is InChI=1S/C12H13ClN2O.ClH/c13-12-10(3-1-6-15-12)9-14-7-5-11-4-2-8-16-11;/h1-4,6,8,14H,5,7,9H2;1H. The lowest BCUT2D eigenvalue weighted by Crippen LogP contribution is -2.16. The molecule has 17 heavy (non-hydrogen) atoms. The zero-order valence-corrected chi connectivity index (χ0v) is 10.8. The Hall–Kier alpha value is -1.03. The lowest BCUT2D eigenvalue weighted by molar-refractivity contribution is 0.499. The van der Waals surface area contributed by atoms with Gasteiger partial charge in [0.15, 0.2) is 0 Å². The molecular weight excluding hydrogens is 259 g/mol. The van der Waals surface area contributed by atoms with E-state index in [1.807, 2.05) is 24.3 Å². The predicted octanol–water partition coefficient (Wildman–Crippen LogP) is 3.08. The van der Waals surface area contributed by atoms with Crippen LogP contribution in [0.15, 0.2) is 41.1 Å². The molecule has 3 nitrogen and oxygen atoms in total. The highest BCUT2D eigenvalue weighted by Crippen LogP contribution is 2.10. The van der Waals surface area contributed by atoms with E-state index < -0.39 is 0 Å². The van der Waals surface area contributed by atoms with Crippen molar-refractivity contribution in [1.82, 2.24) is 10.3 Å². The molecule has 0 saturated carbocycles. The third-order valence-electron chi connectivity index (χ3n) is 2.28. The number of hydrogen-bond donors (Lipinski definition) is 1. The summed E-state index contributed by atoms with van der Waals surface area (Å²) >= 11 is 5.93. The van der Waals surface area contributed by atoms with E-state index in [0.717, 1.165) is 30.8 Å².